The van der Waals surface area contributed by atoms with Gasteiger partial charge >= 0.3 is 0 Å². The monoisotopic (exact) mass is 318 g/mol. The lowest BCUT2D eigenvalue weighted by atomic mass is 10.0. The second kappa shape index (κ2) is 6.67. The molecule has 0 spiro atoms. The number of fused-ring (bicyclic) bond motifs is 1. The fraction of sp³-hybridized carbons (Fsp3) is 0.143. The Morgan fingerprint density at radius 1 is 0.833 bits per heavy atom. The lowest BCUT2D eigenvalue weighted by molar-refractivity contribution is 0.0920. The van der Waals surface area contributed by atoms with Gasteiger partial charge in [-0.2, -0.15) is 0 Å². The quantitative estimate of drug-likeness (QED) is 0.645. The lowest BCUT2D eigenvalue weighted by Crippen LogP contribution is -2.11. The predicted molar refractivity (Wildman–Crippen MR) is 95.0 cm³/mol. The molecule has 0 saturated heterocycles. The van der Waals surface area contributed by atoms with E-state index in [1.165, 1.54) is 12.5 Å². The van der Waals surface area contributed by atoms with E-state index in [9.17, 15) is 9.59 Å². The molecule has 3 rings (SSSR count). The summed E-state index contributed by atoms with van der Waals surface area (Å²) in [5, 5.41) is 2.16. The van der Waals surface area contributed by atoms with E-state index in [1.807, 2.05) is 37.3 Å². The Hall–Kier alpha value is -2.94. The van der Waals surface area contributed by atoms with Crippen molar-refractivity contribution < 1.29 is 14.3 Å². The molecule has 3 aromatic rings. The van der Waals surface area contributed by atoms with E-state index in [2.05, 4.69) is 6.07 Å². The molecule has 3 aromatic carbocycles. The normalized spacial score (nSPS) is 10.6. The average molecular weight is 318 g/mol. The first-order valence-electron chi connectivity index (χ1n) is 7.80. The molecule has 0 atom stereocenters. The predicted octanol–water partition coefficient (Wildman–Crippen LogP) is 4.61. The third-order valence-corrected chi connectivity index (χ3v) is 3.95. The molecular formula is C21H18O3. The summed E-state index contributed by atoms with van der Waals surface area (Å²) in [6, 6.07) is 18.6. The molecule has 0 radical (unpaired) electrons. The highest BCUT2D eigenvalue weighted by atomic mass is 16.5. The molecule has 0 fully saturated rings. The van der Waals surface area contributed by atoms with Crippen LogP contribution in [-0.2, 0) is 0 Å². The summed E-state index contributed by atoms with van der Waals surface area (Å²) in [5.74, 6) is 0.502. The lowest BCUT2D eigenvalue weighted by Gasteiger charge is -2.07. The molecule has 3 heteroatoms. The molecule has 0 amide bonds. The summed E-state index contributed by atoms with van der Waals surface area (Å²) in [6.07, 6.45) is 0. The maximum absolute atomic E-state index is 12.3. The van der Waals surface area contributed by atoms with Gasteiger partial charge in [0.05, 0.1) is 0 Å². The van der Waals surface area contributed by atoms with E-state index in [1.54, 1.807) is 24.3 Å². The van der Waals surface area contributed by atoms with Gasteiger partial charge in [0.1, 0.15) is 5.75 Å². The Morgan fingerprint density at radius 3 is 2.17 bits per heavy atom. The van der Waals surface area contributed by atoms with Crippen LogP contribution in [0.3, 0.4) is 0 Å². The number of hydrogen-bond donors (Lipinski definition) is 0. The molecule has 0 unspecified atom stereocenters. The molecule has 3 nitrogen and oxygen atoms in total. The number of carbonyl (C=O) groups is 2. The molecule has 120 valence electrons. The van der Waals surface area contributed by atoms with E-state index >= 15 is 0 Å². The highest BCUT2D eigenvalue weighted by molar-refractivity contribution is 6.01. The number of carbonyl (C=O) groups excluding carboxylic acids is 2. The number of benzene rings is 3. The zero-order valence-corrected chi connectivity index (χ0v) is 13.7. The first kappa shape index (κ1) is 15.9. The fourth-order valence-electron chi connectivity index (χ4n) is 2.56. The molecule has 0 aromatic heterocycles. The van der Waals surface area contributed by atoms with Gasteiger partial charge in [-0.3, -0.25) is 9.59 Å². The van der Waals surface area contributed by atoms with Gasteiger partial charge in [0.25, 0.3) is 0 Å². The zero-order chi connectivity index (χ0) is 17.1. The molecular weight excluding hydrogens is 300 g/mol. The van der Waals surface area contributed by atoms with Crippen molar-refractivity contribution in [2.24, 2.45) is 0 Å². The SMILES string of the molecule is CC(=O)c1ccc(OCC(=O)c2ccc3cc(C)ccc3c2)cc1. The Kier molecular flexibility index (Phi) is 4.43. The van der Waals surface area contributed by atoms with Crippen LogP contribution in [0.2, 0.25) is 0 Å². The van der Waals surface area contributed by atoms with Crippen molar-refractivity contribution in [3.05, 3.63) is 77.4 Å². The van der Waals surface area contributed by atoms with Gasteiger partial charge in [0, 0.05) is 11.1 Å². The number of aryl methyl sites for hydroxylation is 1. The van der Waals surface area contributed by atoms with Crippen molar-refractivity contribution in [2.75, 3.05) is 6.61 Å². The topological polar surface area (TPSA) is 43.4 Å². The van der Waals surface area contributed by atoms with Crippen LogP contribution >= 0.6 is 0 Å². The van der Waals surface area contributed by atoms with Crippen LogP contribution in [0.1, 0.15) is 33.2 Å². The van der Waals surface area contributed by atoms with Gasteiger partial charge in [-0.05, 0) is 55.0 Å². The van der Waals surface area contributed by atoms with Crippen LogP contribution in [0, 0.1) is 6.92 Å². The van der Waals surface area contributed by atoms with Crippen LogP contribution in [0.25, 0.3) is 10.8 Å². The largest absolute Gasteiger partial charge is 0.485 e. The Morgan fingerprint density at radius 2 is 1.46 bits per heavy atom. The van der Waals surface area contributed by atoms with Gasteiger partial charge in [-0.1, -0.05) is 35.9 Å². The summed E-state index contributed by atoms with van der Waals surface area (Å²) < 4.78 is 5.53. The first-order chi connectivity index (χ1) is 11.5. The number of ether oxygens (including phenoxy) is 1. The summed E-state index contributed by atoms with van der Waals surface area (Å²) in [4.78, 5) is 23.6. The molecule has 0 heterocycles. The number of Topliss-reactive ketones (excluding diaryl/α,β-unsaturated/α-hetero) is 2. The first-order valence-corrected chi connectivity index (χ1v) is 7.80. The number of hydrogen-bond acceptors (Lipinski definition) is 3. The van der Waals surface area contributed by atoms with Crippen molar-refractivity contribution in [1.82, 2.24) is 0 Å². The van der Waals surface area contributed by atoms with Gasteiger partial charge in [0.15, 0.2) is 18.2 Å². The van der Waals surface area contributed by atoms with Crippen molar-refractivity contribution in [3.63, 3.8) is 0 Å². The molecule has 24 heavy (non-hydrogen) atoms. The fourth-order valence-corrected chi connectivity index (χ4v) is 2.56. The third kappa shape index (κ3) is 3.51. The highest BCUT2D eigenvalue weighted by Crippen LogP contribution is 2.19. The van der Waals surface area contributed by atoms with Crippen LogP contribution in [0.5, 0.6) is 5.75 Å². The highest BCUT2D eigenvalue weighted by Gasteiger charge is 2.08. The van der Waals surface area contributed by atoms with Crippen LogP contribution in [0.15, 0.2) is 60.7 Å². The molecule has 0 N–H and O–H groups in total. The summed E-state index contributed by atoms with van der Waals surface area (Å²) >= 11 is 0. The van der Waals surface area contributed by atoms with Crippen LogP contribution in [-0.4, -0.2) is 18.2 Å². The average Bonchev–Trinajstić information content (AvgIpc) is 2.59. The smallest absolute Gasteiger partial charge is 0.200 e. The zero-order valence-electron chi connectivity index (χ0n) is 13.7. The molecule has 0 saturated carbocycles. The third-order valence-electron chi connectivity index (χ3n) is 3.95. The van der Waals surface area contributed by atoms with Crippen molar-refractivity contribution in [1.29, 1.82) is 0 Å². The molecule has 0 bridgehead atoms. The summed E-state index contributed by atoms with van der Waals surface area (Å²) in [6.45, 7) is 3.53. The Bertz CT molecular complexity index is 908. The molecule has 0 aliphatic carbocycles. The summed E-state index contributed by atoms with van der Waals surface area (Å²) in [7, 11) is 0. The minimum atomic E-state index is -0.0758. The van der Waals surface area contributed by atoms with Crippen molar-refractivity contribution >= 4 is 22.3 Å². The second-order valence-corrected chi connectivity index (χ2v) is 5.86. The maximum Gasteiger partial charge on any atom is 0.200 e. The Labute approximate surface area is 140 Å². The number of rotatable bonds is 5. The van der Waals surface area contributed by atoms with E-state index in [4.69, 9.17) is 4.74 Å². The second-order valence-electron chi connectivity index (χ2n) is 5.86. The van der Waals surface area contributed by atoms with Crippen molar-refractivity contribution in [2.45, 2.75) is 13.8 Å². The van der Waals surface area contributed by atoms with Crippen LogP contribution < -0.4 is 4.74 Å². The standard InChI is InChI=1S/C21H18O3/c1-14-3-4-18-12-19(6-5-17(18)11-14)21(23)13-24-20-9-7-16(8-10-20)15(2)22/h3-12H,13H2,1-2H3. The van der Waals surface area contributed by atoms with E-state index < -0.39 is 0 Å². The molecule has 0 aliphatic rings. The van der Waals surface area contributed by atoms with Gasteiger partial charge < -0.3 is 4.74 Å². The minimum absolute atomic E-state index is 0.00373. The van der Waals surface area contributed by atoms with Gasteiger partial charge in [0.2, 0.25) is 0 Å². The Balaban J connectivity index is 1.70. The van der Waals surface area contributed by atoms with Gasteiger partial charge in [-0.25, -0.2) is 0 Å². The minimum Gasteiger partial charge on any atom is -0.485 e. The maximum atomic E-state index is 12.3. The van der Waals surface area contributed by atoms with E-state index in [0.29, 0.717) is 16.9 Å². The molecule has 0 aliphatic heterocycles. The van der Waals surface area contributed by atoms with Gasteiger partial charge in [-0.15, -0.1) is 0 Å². The van der Waals surface area contributed by atoms with E-state index in [0.717, 1.165) is 10.8 Å². The number of ketones is 2. The van der Waals surface area contributed by atoms with E-state index in [-0.39, 0.29) is 18.2 Å². The van der Waals surface area contributed by atoms with Crippen molar-refractivity contribution in [3.8, 4) is 5.75 Å². The van der Waals surface area contributed by atoms with Crippen LogP contribution in [0.4, 0.5) is 0 Å². The summed E-state index contributed by atoms with van der Waals surface area (Å²) in [5.41, 5.74) is 2.45.